The molecule has 16 heavy (non-hydrogen) atoms. The Morgan fingerprint density at radius 3 is 2.19 bits per heavy atom. The third-order valence-corrected chi connectivity index (χ3v) is 3.80. The number of benzene rings is 1. The van der Waals surface area contributed by atoms with Crippen molar-refractivity contribution in [3.05, 3.63) is 23.8 Å². The van der Waals surface area contributed by atoms with Crippen LogP contribution in [0, 0.1) is 6.92 Å². The van der Waals surface area contributed by atoms with Gasteiger partial charge in [-0.2, -0.15) is 0 Å². The first-order valence-corrected chi connectivity index (χ1v) is 6.99. The molecule has 1 aromatic rings. The van der Waals surface area contributed by atoms with Gasteiger partial charge in [-0.25, -0.2) is 0 Å². The van der Waals surface area contributed by atoms with Crippen molar-refractivity contribution in [1.29, 1.82) is 0 Å². The number of nitrogens with two attached hydrogens (primary N) is 1. The fourth-order valence-electron chi connectivity index (χ4n) is 0.796. The van der Waals surface area contributed by atoms with Crippen LogP contribution in [0.2, 0.25) is 0 Å². The van der Waals surface area contributed by atoms with Crippen LogP contribution in [-0.2, 0) is 14.8 Å². The van der Waals surface area contributed by atoms with Gasteiger partial charge in [0.2, 0.25) is 0 Å². The molecule has 3 N–H and O–H groups in total. The van der Waals surface area contributed by atoms with Crippen LogP contribution in [-0.4, -0.2) is 36.3 Å². The van der Waals surface area contributed by atoms with E-state index in [9.17, 15) is 8.42 Å². The molecule has 0 heterocycles. The molecular weight excluding hydrogens is 293 g/mol. The maximum atomic E-state index is 10.9. The van der Waals surface area contributed by atoms with Crippen LogP contribution in [0.1, 0.15) is 12.5 Å². The maximum absolute atomic E-state index is 10.9. The molecule has 0 saturated heterocycles. The van der Waals surface area contributed by atoms with E-state index >= 15 is 0 Å². The Kier molecular flexibility index (Phi) is 5.72. The molecular formula is C9H14AsNO4S. The molecule has 1 atom stereocenters. The predicted molar refractivity (Wildman–Crippen MR) is 64.0 cm³/mol. The third kappa shape index (κ3) is 5.90. The summed E-state index contributed by atoms with van der Waals surface area (Å²) in [5, 5.41) is 12.4. The monoisotopic (exact) mass is 307 g/mol. The van der Waals surface area contributed by atoms with Crippen molar-refractivity contribution in [1.82, 2.24) is 0 Å². The Bertz CT molecular complexity index is 480. The van der Waals surface area contributed by atoms with Crippen LogP contribution in [0.25, 0.3) is 0 Å². The minimum absolute atomic E-state index is 0.187. The van der Waals surface area contributed by atoms with Crippen LogP contribution in [0.5, 0.6) is 0 Å². The summed E-state index contributed by atoms with van der Waals surface area (Å²) in [6.45, 7) is 3.02. The number of carbonyl (C=O) groups is 1. The van der Waals surface area contributed by atoms with Gasteiger partial charge in [0.15, 0.2) is 0 Å². The van der Waals surface area contributed by atoms with Gasteiger partial charge in [-0.1, -0.05) is 0 Å². The zero-order chi connectivity index (χ0) is 12.9. The van der Waals surface area contributed by atoms with E-state index in [1.54, 1.807) is 12.1 Å². The van der Waals surface area contributed by atoms with E-state index in [1.165, 1.54) is 22.9 Å². The molecule has 90 valence electrons. The minimum atomic E-state index is -3.53. The summed E-state index contributed by atoms with van der Waals surface area (Å²) in [6.07, 6.45) is 0. The van der Waals surface area contributed by atoms with Crippen LogP contribution >= 0.6 is 0 Å². The molecule has 0 fully saturated rings. The summed E-state index contributed by atoms with van der Waals surface area (Å²) < 4.78 is 22.8. The van der Waals surface area contributed by atoms with Gasteiger partial charge < -0.3 is 5.11 Å². The Labute approximate surface area is 103 Å². The molecule has 5 nitrogen and oxygen atoms in total. The summed E-state index contributed by atoms with van der Waals surface area (Å²) in [5.74, 6) is -0.833. The molecule has 0 saturated carbocycles. The number of hydrogen-bond donors (Lipinski definition) is 2. The standard InChI is InChI=1S/C7H10AsNO2S.C2H4O2/c1-5-2-3-6(4-7(5)8)12(9,10)11;1-2(3)4/h2-4H,8H2,1H3,(H2,9,10,11);1H3,(H,3,4). The first kappa shape index (κ1) is 15.2. The summed E-state index contributed by atoms with van der Waals surface area (Å²) in [5.41, 5.74) is 1.09. The van der Waals surface area contributed by atoms with Crippen LogP contribution in [0.4, 0.5) is 0 Å². The molecule has 0 spiro atoms. The van der Waals surface area contributed by atoms with E-state index < -0.39 is 16.0 Å². The van der Waals surface area contributed by atoms with Crippen LogP contribution in [0.15, 0.2) is 23.1 Å². The molecule has 7 heteroatoms. The number of aliphatic carboxylic acids is 1. The molecule has 0 amide bonds. The van der Waals surface area contributed by atoms with E-state index in [0.717, 1.165) is 16.8 Å². The quantitative estimate of drug-likeness (QED) is 0.650. The van der Waals surface area contributed by atoms with Crippen molar-refractivity contribution in [2.24, 2.45) is 5.14 Å². The molecule has 1 unspecified atom stereocenters. The SMILES string of the molecule is CC(=O)O.Cc1ccc(S(N)(=O)=O)cc1[AsH2]. The molecule has 0 radical (unpaired) electrons. The van der Waals surface area contributed by atoms with Crippen molar-refractivity contribution in [2.75, 3.05) is 0 Å². The first-order valence-electron chi connectivity index (χ1n) is 4.23. The Balaban J connectivity index is 0.000000487. The van der Waals surface area contributed by atoms with E-state index in [1.807, 2.05) is 6.92 Å². The number of aryl methyl sites for hydroxylation is 1. The van der Waals surface area contributed by atoms with Gasteiger partial charge in [-0.15, -0.1) is 0 Å². The normalized spacial score (nSPS) is 10.2. The van der Waals surface area contributed by atoms with E-state index in [4.69, 9.17) is 15.0 Å². The fraction of sp³-hybridized carbons (Fsp3) is 0.222. The molecule has 0 aromatic heterocycles. The average Bonchev–Trinajstić information content (AvgIpc) is 2.06. The molecule has 0 aliphatic heterocycles. The van der Waals surface area contributed by atoms with E-state index in [2.05, 4.69) is 0 Å². The van der Waals surface area contributed by atoms with E-state index in [0.29, 0.717) is 0 Å². The molecule has 0 bridgehead atoms. The zero-order valence-corrected chi connectivity index (χ0v) is 12.2. The number of hydrogen-bond acceptors (Lipinski definition) is 3. The molecule has 1 aromatic carbocycles. The van der Waals surface area contributed by atoms with Gasteiger partial charge in [-0.3, -0.25) is 4.79 Å². The third-order valence-electron chi connectivity index (χ3n) is 1.58. The van der Waals surface area contributed by atoms with Gasteiger partial charge >= 0.3 is 80.4 Å². The van der Waals surface area contributed by atoms with Gasteiger partial charge in [0.05, 0.1) is 0 Å². The van der Waals surface area contributed by atoms with Gasteiger partial charge in [0.1, 0.15) is 0 Å². The second kappa shape index (κ2) is 6.03. The van der Waals surface area contributed by atoms with E-state index in [-0.39, 0.29) is 4.90 Å². The van der Waals surface area contributed by atoms with Crippen molar-refractivity contribution in [3.8, 4) is 0 Å². The van der Waals surface area contributed by atoms with Crippen molar-refractivity contribution < 1.29 is 18.3 Å². The average molecular weight is 307 g/mol. The van der Waals surface area contributed by atoms with Gasteiger partial charge in [0, 0.05) is 6.92 Å². The summed E-state index contributed by atoms with van der Waals surface area (Å²) in [7, 11) is -3.53. The first-order chi connectivity index (χ1) is 7.14. The number of rotatable bonds is 1. The topological polar surface area (TPSA) is 97.5 Å². The summed E-state index contributed by atoms with van der Waals surface area (Å²) in [6, 6.07) is 4.88. The molecule has 0 aliphatic rings. The fourth-order valence-corrected chi connectivity index (χ4v) is 2.18. The number of sulfonamides is 1. The second-order valence-electron chi connectivity index (χ2n) is 3.08. The molecule has 0 aliphatic carbocycles. The van der Waals surface area contributed by atoms with Crippen LogP contribution in [0.3, 0.4) is 0 Å². The van der Waals surface area contributed by atoms with Gasteiger partial charge in [-0.05, 0) is 0 Å². The Hall–Kier alpha value is -0.842. The zero-order valence-electron chi connectivity index (χ0n) is 8.97. The van der Waals surface area contributed by atoms with Crippen molar-refractivity contribution in [3.63, 3.8) is 0 Å². The molecule has 1 rings (SSSR count). The Morgan fingerprint density at radius 2 is 1.88 bits per heavy atom. The van der Waals surface area contributed by atoms with Crippen molar-refractivity contribution in [2.45, 2.75) is 18.7 Å². The Morgan fingerprint density at radius 1 is 1.44 bits per heavy atom. The number of carboxylic acids is 1. The summed E-state index contributed by atoms with van der Waals surface area (Å²) in [4.78, 5) is 9.19. The second-order valence-corrected chi connectivity index (χ2v) is 5.95. The van der Waals surface area contributed by atoms with Crippen molar-refractivity contribution >= 4 is 37.2 Å². The predicted octanol–water partition coefficient (Wildman–Crippen LogP) is -1.01. The van der Waals surface area contributed by atoms with Gasteiger partial charge in [0.25, 0.3) is 5.97 Å². The number of primary sulfonamides is 1. The summed E-state index contributed by atoms with van der Waals surface area (Å²) >= 11 is 1.40. The van der Waals surface area contributed by atoms with Crippen LogP contribution < -0.4 is 9.49 Å². The number of carboxylic acid groups (broad SMARTS) is 1.